The number of thioether (sulfide) groups is 1. The minimum atomic E-state index is -0.111. The minimum Gasteiger partial charge on any atom is -0.497 e. The maximum atomic E-state index is 12.5. The smallest absolute Gasteiger partial charge is 0.277 e. The molecule has 0 saturated carbocycles. The first-order valence-corrected chi connectivity index (χ1v) is 8.46. The molecule has 3 rings (SSSR count). The summed E-state index contributed by atoms with van der Waals surface area (Å²) in [5.41, 5.74) is 1.29. The number of ether oxygens (including phenoxy) is 2. The number of hydrogen-bond acceptors (Lipinski definition) is 7. The fourth-order valence-corrected chi connectivity index (χ4v) is 2.85. The largest absolute Gasteiger partial charge is 0.497 e. The number of aromatic nitrogens is 2. The van der Waals surface area contributed by atoms with E-state index in [4.69, 9.17) is 13.9 Å². The predicted octanol–water partition coefficient (Wildman–Crippen LogP) is 3.73. The van der Waals surface area contributed by atoms with E-state index in [0.29, 0.717) is 28.2 Å². The third kappa shape index (κ3) is 4.00. The van der Waals surface area contributed by atoms with E-state index in [1.807, 2.05) is 30.3 Å². The third-order valence-corrected chi connectivity index (χ3v) is 4.28. The van der Waals surface area contributed by atoms with Crippen LogP contribution in [0.15, 0.2) is 58.2 Å². The topological polar surface area (TPSA) is 74.5 Å². The van der Waals surface area contributed by atoms with Crippen LogP contribution in [0.3, 0.4) is 0 Å². The maximum absolute atomic E-state index is 12.5. The molecular formula is C18H16N2O4S. The van der Waals surface area contributed by atoms with Crippen LogP contribution in [0.5, 0.6) is 11.5 Å². The molecule has 0 spiro atoms. The van der Waals surface area contributed by atoms with Crippen LogP contribution in [0.1, 0.15) is 10.4 Å². The lowest BCUT2D eigenvalue weighted by Gasteiger charge is -2.08. The summed E-state index contributed by atoms with van der Waals surface area (Å²) in [7, 11) is 3.07. The molecule has 6 nitrogen and oxygen atoms in total. The van der Waals surface area contributed by atoms with E-state index in [9.17, 15) is 4.79 Å². The van der Waals surface area contributed by atoms with E-state index in [1.165, 1.54) is 18.9 Å². The highest BCUT2D eigenvalue weighted by atomic mass is 32.2. The van der Waals surface area contributed by atoms with Crippen LogP contribution in [0.2, 0.25) is 0 Å². The zero-order valence-corrected chi connectivity index (χ0v) is 14.6. The summed E-state index contributed by atoms with van der Waals surface area (Å²) in [6.07, 6.45) is 0. The van der Waals surface area contributed by atoms with Gasteiger partial charge in [0.2, 0.25) is 5.89 Å². The predicted molar refractivity (Wildman–Crippen MR) is 94.3 cm³/mol. The van der Waals surface area contributed by atoms with Crippen molar-refractivity contribution >= 4 is 17.5 Å². The molecule has 128 valence electrons. The molecule has 2 aromatic carbocycles. The van der Waals surface area contributed by atoms with E-state index in [0.717, 1.165) is 5.56 Å². The summed E-state index contributed by atoms with van der Waals surface area (Å²) < 4.78 is 16.0. The normalized spacial score (nSPS) is 10.5. The zero-order chi connectivity index (χ0) is 17.6. The summed E-state index contributed by atoms with van der Waals surface area (Å²) in [6.45, 7) is 0. The van der Waals surface area contributed by atoms with Gasteiger partial charge in [-0.15, -0.1) is 10.2 Å². The minimum absolute atomic E-state index is 0.111. The average Bonchev–Trinajstić information content (AvgIpc) is 3.15. The van der Waals surface area contributed by atoms with Gasteiger partial charge in [0, 0.05) is 5.56 Å². The SMILES string of the molecule is COc1ccc(OC)c(C(=O)CSc2nnc(-c3ccccc3)o2)c1. The number of hydrogen-bond donors (Lipinski definition) is 0. The molecule has 0 atom stereocenters. The fraction of sp³-hybridized carbons (Fsp3) is 0.167. The van der Waals surface area contributed by atoms with Crippen LogP contribution in [0, 0.1) is 0 Å². The zero-order valence-electron chi connectivity index (χ0n) is 13.8. The highest BCUT2D eigenvalue weighted by Crippen LogP contribution is 2.27. The molecule has 25 heavy (non-hydrogen) atoms. The second kappa shape index (κ2) is 7.85. The number of benzene rings is 2. The number of ketones is 1. The molecule has 0 aliphatic carbocycles. The highest BCUT2D eigenvalue weighted by Gasteiger charge is 2.16. The van der Waals surface area contributed by atoms with Gasteiger partial charge in [-0.2, -0.15) is 0 Å². The van der Waals surface area contributed by atoms with Crippen LogP contribution in [-0.4, -0.2) is 36.0 Å². The van der Waals surface area contributed by atoms with E-state index in [1.54, 1.807) is 25.3 Å². The van der Waals surface area contributed by atoms with E-state index in [-0.39, 0.29) is 11.5 Å². The Morgan fingerprint density at radius 1 is 1.08 bits per heavy atom. The van der Waals surface area contributed by atoms with Crippen molar-refractivity contribution in [3.05, 3.63) is 54.1 Å². The van der Waals surface area contributed by atoms with E-state index < -0.39 is 0 Å². The number of rotatable bonds is 7. The summed E-state index contributed by atoms with van der Waals surface area (Å²) >= 11 is 1.19. The van der Waals surface area contributed by atoms with Gasteiger partial charge in [0.05, 0.1) is 25.5 Å². The number of methoxy groups -OCH3 is 2. The van der Waals surface area contributed by atoms with Gasteiger partial charge in [-0.1, -0.05) is 30.0 Å². The maximum Gasteiger partial charge on any atom is 0.277 e. The highest BCUT2D eigenvalue weighted by molar-refractivity contribution is 7.99. The monoisotopic (exact) mass is 356 g/mol. The number of Topliss-reactive ketones (excluding diaryl/α,β-unsaturated/α-hetero) is 1. The molecular weight excluding hydrogens is 340 g/mol. The summed E-state index contributed by atoms with van der Waals surface area (Å²) in [5.74, 6) is 1.56. The Morgan fingerprint density at radius 2 is 1.88 bits per heavy atom. The van der Waals surface area contributed by atoms with Crippen molar-refractivity contribution in [1.82, 2.24) is 10.2 Å². The summed E-state index contributed by atoms with van der Waals surface area (Å²) in [4.78, 5) is 12.5. The van der Waals surface area contributed by atoms with Gasteiger partial charge in [0.15, 0.2) is 5.78 Å². The lowest BCUT2D eigenvalue weighted by molar-refractivity contribution is 0.101. The lowest BCUT2D eigenvalue weighted by atomic mass is 10.1. The first-order chi connectivity index (χ1) is 12.2. The standard InChI is InChI=1S/C18H16N2O4S/c1-22-13-8-9-16(23-2)14(10-13)15(21)11-25-18-20-19-17(24-18)12-6-4-3-5-7-12/h3-10H,11H2,1-2H3. The van der Waals surface area contributed by atoms with Gasteiger partial charge < -0.3 is 13.9 Å². The number of carbonyl (C=O) groups is 1. The van der Waals surface area contributed by atoms with Gasteiger partial charge in [0.1, 0.15) is 11.5 Å². The van der Waals surface area contributed by atoms with Crippen molar-refractivity contribution in [2.45, 2.75) is 5.22 Å². The Morgan fingerprint density at radius 3 is 2.60 bits per heavy atom. The first kappa shape index (κ1) is 17.0. The van der Waals surface area contributed by atoms with Crippen molar-refractivity contribution in [2.24, 2.45) is 0 Å². The number of carbonyl (C=O) groups excluding carboxylic acids is 1. The molecule has 0 unspecified atom stereocenters. The van der Waals surface area contributed by atoms with Gasteiger partial charge >= 0.3 is 0 Å². The Labute approximate surface area is 149 Å². The molecule has 0 radical (unpaired) electrons. The van der Waals surface area contributed by atoms with Gasteiger partial charge in [-0.05, 0) is 30.3 Å². The molecule has 0 bridgehead atoms. The fourth-order valence-electron chi connectivity index (χ4n) is 2.20. The van der Waals surface area contributed by atoms with Crippen molar-refractivity contribution < 1.29 is 18.7 Å². The van der Waals surface area contributed by atoms with Crippen LogP contribution >= 0.6 is 11.8 Å². The second-order valence-electron chi connectivity index (χ2n) is 5.02. The van der Waals surface area contributed by atoms with Crippen LogP contribution in [0.25, 0.3) is 11.5 Å². The molecule has 1 aromatic heterocycles. The van der Waals surface area contributed by atoms with Crippen molar-refractivity contribution in [3.63, 3.8) is 0 Å². The Kier molecular flexibility index (Phi) is 5.35. The molecule has 0 fully saturated rings. The molecule has 0 aliphatic heterocycles. The quantitative estimate of drug-likeness (QED) is 0.472. The van der Waals surface area contributed by atoms with Gasteiger partial charge in [-0.25, -0.2) is 0 Å². The third-order valence-electron chi connectivity index (χ3n) is 3.46. The van der Waals surface area contributed by atoms with Crippen LogP contribution < -0.4 is 9.47 Å². The van der Waals surface area contributed by atoms with Gasteiger partial charge in [-0.3, -0.25) is 4.79 Å². The summed E-state index contributed by atoms with van der Waals surface area (Å²) in [5, 5.41) is 8.32. The molecule has 0 N–H and O–H groups in total. The van der Waals surface area contributed by atoms with Crippen molar-refractivity contribution in [2.75, 3.05) is 20.0 Å². The van der Waals surface area contributed by atoms with Crippen LogP contribution in [0.4, 0.5) is 0 Å². The lowest BCUT2D eigenvalue weighted by Crippen LogP contribution is -2.05. The number of nitrogens with zero attached hydrogens (tertiary/aromatic N) is 2. The molecule has 7 heteroatoms. The van der Waals surface area contributed by atoms with Crippen molar-refractivity contribution in [1.29, 1.82) is 0 Å². The molecule has 0 aliphatic rings. The Balaban J connectivity index is 1.70. The average molecular weight is 356 g/mol. The molecule has 0 saturated heterocycles. The van der Waals surface area contributed by atoms with Gasteiger partial charge in [0.25, 0.3) is 5.22 Å². The second-order valence-corrected chi connectivity index (χ2v) is 5.94. The van der Waals surface area contributed by atoms with Crippen LogP contribution in [-0.2, 0) is 0 Å². The van der Waals surface area contributed by atoms with E-state index in [2.05, 4.69) is 10.2 Å². The van der Waals surface area contributed by atoms with Crippen molar-refractivity contribution in [3.8, 4) is 23.0 Å². The Hall–Kier alpha value is -2.80. The molecule has 1 heterocycles. The Bertz CT molecular complexity index is 865. The molecule has 0 amide bonds. The van der Waals surface area contributed by atoms with E-state index >= 15 is 0 Å². The first-order valence-electron chi connectivity index (χ1n) is 7.48. The molecule has 3 aromatic rings. The summed E-state index contributed by atoms with van der Waals surface area (Å²) in [6, 6.07) is 14.6.